The molecule has 1 N–H and O–H groups in total. The third kappa shape index (κ3) is 5.21. The van der Waals surface area contributed by atoms with Crippen molar-refractivity contribution in [3.63, 3.8) is 0 Å². The van der Waals surface area contributed by atoms with Gasteiger partial charge in [0.1, 0.15) is 6.04 Å². The molecule has 0 saturated carbocycles. The molecule has 0 saturated heterocycles. The lowest BCUT2D eigenvalue weighted by molar-refractivity contribution is -0.140. The zero-order valence-corrected chi connectivity index (χ0v) is 13.3. The fraction of sp³-hybridized carbons (Fsp3) is 0.529. The van der Waals surface area contributed by atoms with Crippen LogP contribution < -0.4 is 5.32 Å². The second-order valence-electron chi connectivity index (χ2n) is 4.99. The third-order valence-electron chi connectivity index (χ3n) is 3.52. The van der Waals surface area contributed by atoms with E-state index >= 15 is 0 Å². The molecule has 116 valence electrons. The third-order valence-corrected chi connectivity index (χ3v) is 3.52. The van der Waals surface area contributed by atoms with Crippen LogP contribution in [0, 0.1) is 0 Å². The molecule has 0 bridgehead atoms. The van der Waals surface area contributed by atoms with E-state index in [-0.39, 0.29) is 17.9 Å². The SMILES string of the molecule is CCNC(=O)C(CC)N(CCc1ccccc1)C(=O)CC. The molecule has 1 aromatic rings. The summed E-state index contributed by atoms with van der Waals surface area (Å²) in [5.74, 6) is -0.0288. The van der Waals surface area contributed by atoms with Crippen LogP contribution >= 0.6 is 0 Å². The molecule has 0 fully saturated rings. The molecule has 0 spiro atoms. The fourth-order valence-corrected chi connectivity index (χ4v) is 2.39. The van der Waals surface area contributed by atoms with Gasteiger partial charge in [0.05, 0.1) is 0 Å². The molecule has 0 aromatic heterocycles. The van der Waals surface area contributed by atoms with Gasteiger partial charge in [0.2, 0.25) is 11.8 Å². The monoisotopic (exact) mass is 290 g/mol. The quantitative estimate of drug-likeness (QED) is 0.799. The molecule has 0 aliphatic rings. The molecule has 1 atom stereocenters. The van der Waals surface area contributed by atoms with Gasteiger partial charge in [-0.05, 0) is 25.3 Å². The lowest BCUT2D eigenvalue weighted by Gasteiger charge is -2.30. The minimum Gasteiger partial charge on any atom is -0.355 e. The van der Waals surface area contributed by atoms with Gasteiger partial charge in [-0.2, -0.15) is 0 Å². The average molecular weight is 290 g/mol. The van der Waals surface area contributed by atoms with Crippen molar-refractivity contribution in [2.75, 3.05) is 13.1 Å². The van der Waals surface area contributed by atoms with Crippen molar-refractivity contribution >= 4 is 11.8 Å². The zero-order valence-electron chi connectivity index (χ0n) is 13.3. The maximum Gasteiger partial charge on any atom is 0.242 e. The van der Waals surface area contributed by atoms with Crippen molar-refractivity contribution in [3.8, 4) is 0 Å². The van der Waals surface area contributed by atoms with E-state index in [4.69, 9.17) is 0 Å². The normalized spacial score (nSPS) is 11.8. The number of nitrogens with zero attached hydrogens (tertiary/aromatic N) is 1. The van der Waals surface area contributed by atoms with Gasteiger partial charge >= 0.3 is 0 Å². The average Bonchev–Trinajstić information content (AvgIpc) is 2.51. The molecule has 1 unspecified atom stereocenters. The van der Waals surface area contributed by atoms with E-state index in [2.05, 4.69) is 5.32 Å². The molecule has 1 rings (SSSR count). The van der Waals surface area contributed by atoms with Crippen molar-refractivity contribution in [1.29, 1.82) is 0 Å². The Labute approximate surface area is 127 Å². The van der Waals surface area contributed by atoms with Crippen LogP contribution in [0.5, 0.6) is 0 Å². The van der Waals surface area contributed by atoms with Crippen LogP contribution in [0.15, 0.2) is 30.3 Å². The highest BCUT2D eigenvalue weighted by Gasteiger charge is 2.26. The summed E-state index contributed by atoms with van der Waals surface area (Å²) in [6, 6.07) is 9.66. The van der Waals surface area contributed by atoms with Crippen molar-refractivity contribution in [2.45, 2.75) is 46.1 Å². The number of carbonyl (C=O) groups excluding carboxylic acids is 2. The van der Waals surface area contributed by atoms with E-state index in [0.29, 0.717) is 25.9 Å². The summed E-state index contributed by atoms with van der Waals surface area (Å²) in [6.07, 6.45) is 1.82. The number of rotatable bonds is 8. The lowest BCUT2D eigenvalue weighted by Crippen LogP contribution is -2.49. The Bertz CT molecular complexity index is 445. The summed E-state index contributed by atoms with van der Waals surface area (Å²) in [5, 5.41) is 2.82. The highest BCUT2D eigenvalue weighted by molar-refractivity contribution is 5.87. The first-order chi connectivity index (χ1) is 10.1. The number of carbonyl (C=O) groups is 2. The number of hydrogen-bond donors (Lipinski definition) is 1. The molecular weight excluding hydrogens is 264 g/mol. The number of hydrogen-bond acceptors (Lipinski definition) is 2. The number of amides is 2. The van der Waals surface area contributed by atoms with E-state index in [0.717, 1.165) is 6.42 Å². The first-order valence-corrected chi connectivity index (χ1v) is 7.75. The lowest BCUT2D eigenvalue weighted by atomic mass is 10.1. The van der Waals surface area contributed by atoms with E-state index < -0.39 is 0 Å². The smallest absolute Gasteiger partial charge is 0.242 e. The van der Waals surface area contributed by atoms with Gasteiger partial charge in [0.25, 0.3) is 0 Å². The van der Waals surface area contributed by atoms with Crippen molar-refractivity contribution in [1.82, 2.24) is 10.2 Å². The number of nitrogens with one attached hydrogen (secondary N) is 1. The van der Waals surface area contributed by atoms with Crippen LogP contribution in [0.4, 0.5) is 0 Å². The van der Waals surface area contributed by atoms with E-state index in [1.165, 1.54) is 5.56 Å². The number of likely N-dealkylation sites (N-methyl/N-ethyl adjacent to an activating group) is 1. The summed E-state index contributed by atoms with van der Waals surface area (Å²) in [7, 11) is 0. The molecule has 0 aliphatic carbocycles. The molecule has 0 radical (unpaired) electrons. The Morgan fingerprint density at radius 3 is 2.33 bits per heavy atom. The van der Waals surface area contributed by atoms with Gasteiger partial charge in [-0.1, -0.05) is 44.2 Å². The van der Waals surface area contributed by atoms with Crippen molar-refractivity contribution in [3.05, 3.63) is 35.9 Å². The molecule has 1 aromatic carbocycles. The van der Waals surface area contributed by atoms with Crippen molar-refractivity contribution < 1.29 is 9.59 Å². The van der Waals surface area contributed by atoms with Crippen LogP contribution in [0.2, 0.25) is 0 Å². The highest BCUT2D eigenvalue weighted by atomic mass is 16.2. The first kappa shape index (κ1) is 17.2. The van der Waals surface area contributed by atoms with E-state index in [1.54, 1.807) is 4.90 Å². The molecule has 4 heteroatoms. The Balaban J connectivity index is 2.78. The Morgan fingerprint density at radius 1 is 1.14 bits per heavy atom. The minimum absolute atomic E-state index is 0.0315. The van der Waals surface area contributed by atoms with Crippen LogP contribution in [-0.4, -0.2) is 35.8 Å². The predicted octanol–water partition coefficient (Wildman–Crippen LogP) is 2.38. The predicted molar refractivity (Wildman–Crippen MR) is 84.9 cm³/mol. The molecule has 2 amide bonds. The fourth-order valence-electron chi connectivity index (χ4n) is 2.39. The van der Waals surface area contributed by atoms with Gasteiger partial charge in [0, 0.05) is 19.5 Å². The second-order valence-corrected chi connectivity index (χ2v) is 4.99. The maximum atomic E-state index is 12.2. The van der Waals surface area contributed by atoms with Crippen LogP contribution in [-0.2, 0) is 16.0 Å². The van der Waals surface area contributed by atoms with Crippen LogP contribution in [0.1, 0.15) is 39.2 Å². The maximum absolute atomic E-state index is 12.2. The van der Waals surface area contributed by atoms with Gasteiger partial charge in [-0.3, -0.25) is 9.59 Å². The summed E-state index contributed by atoms with van der Waals surface area (Å²) in [4.78, 5) is 26.1. The second kappa shape index (κ2) is 9.16. The molecule has 4 nitrogen and oxygen atoms in total. The summed E-state index contributed by atoms with van der Waals surface area (Å²) < 4.78 is 0. The molecular formula is C17H26N2O2. The van der Waals surface area contributed by atoms with Gasteiger partial charge in [-0.25, -0.2) is 0 Å². The van der Waals surface area contributed by atoms with Gasteiger partial charge in [-0.15, -0.1) is 0 Å². The van der Waals surface area contributed by atoms with Crippen LogP contribution in [0.25, 0.3) is 0 Å². The molecule has 0 aliphatic heterocycles. The van der Waals surface area contributed by atoms with E-state index in [9.17, 15) is 9.59 Å². The molecule has 21 heavy (non-hydrogen) atoms. The zero-order chi connectivity index (χ0) is 15.7. The highest BCUT2D eigenvalue weighted by Crippen LogP contribution is 2.10. The Hall–Kier alpha value is -1.84. The topological polar surface area (TPSA) is 49.4 Å². The van der Waals surface area contributed by atoms with Crippen molar-refractivity contribution in [2.24, 2.45) is 0 Å². The summed E-state index contributed by atoms with van der Waals surface area (Å²) in [5.41, 5.74) is 1.18. The first-order valence-electron chi connectivity index (χ1n) is 7.75. The van der Waals surface area contributed by atoms with Crippen LogP contribution in [0.3, 0.4) is 0 Å². The molecule has 0 heterocycles. The van der Waals surface area contributed by atoms with E-state index in [1.807, 2.05) is 51.1 Å². The Kier molecular flexibility index (Phi) is 7.51. The van der Waals surface area contributed by atoms with Gasteiger partial charge in [0.15, 0.2) is 0 Å². The van der Waals surface area contributed by atoms with Gasteiger partial charge < -0.3 is 10.2 Å². The standard InChI is InChI=1S/C17H26N2O2/c1-4-15(17(21)18-6-3)19(16(20)5-2)13-12-14-10-8-7-9-11-14/h7-11,15H,4-6,12-13H2,1-3H3,(H,18,21). The number of benzene rings is 1. The summed E-state index contributed by atoms with van der Waals surface area (Å²) in [6.45, 7) is 6.83. The minimum atomic E-state index is -0.374. The largest absolute Gasteiger partial charge is 0.355 e. The summed E-state index contributed by atoms with van der Waals surface area (Å²) >= 11 is 0. The Morgan fingerprint density at radius 2 is 1.81 bits per heavy atom.